The van der Waals surface area contributed by atoms with Crippen LogP contribution in [0.5, 0.6) is 0 Å². The normalized spacial score (nSPS) is 23.1. The van der Waals surface area contributed by atoms with E-state index in [0.29, 0.717) is 12.3 Å². The number of benzene rings is 1. The molecule has 1 aromatic rings. The summed E-state index contributed by atoms with van der Waals surface area (Å²) in [7, 11) is 0. The maximum Gasteiger partial charge on any atom is 0.232 e. The second-order valence-electron chi connectivity index (χ2n) is 6.38. The Bertz CT molecular complexity index is 455. The number of rotatable bonds is 3. The van der Waals surface area contributed by atoms with Gasteiger partial charge in [0.25, 0.3) is 0 Å². The molecular weight excluding hydrogens is 268 g/mol. The van der Waals surface area contributed by atoms with Gasteiger partial charge in [-0.15, -0.1) is 11.8 Å². The zero-order chi connectivity index (χ0) is 14.8. The molecule has 0 unspecified atom stereocenters. The standard InChI is InChI=1S/C16H24N2OS/c1-16(2,3)20-11-15(19)18-9-13(14(17)10-18)12-7-5-4-6-8-12/h4-8,13-14H,9-11,17H2,1-3H3/t13-,14+/m0/s1. The van der Waals surface area contributed by atoms with Crippen molar-refractivity contribution in [2.45, 2.75) is 37.5 Å². The van der Waals surface area contributed by atoms with Crippen LogP contribution in [0.4, 0.5) is 0 Å². The van der Waals surface area contributed by atoms with E-state index in [1.165, 1.54) is 5.56 Å². The van der Waals surface area contributed by atoms with Crippen LogP contribution in [0.2, 0.25) is 0 Å². The molecule has 1 aliphatic rings. The first kappa shape index (κ1) is 15.4. The fourth-order valence-corrected chi connectivity index (χ4v) is 3.19. The lowest BCUT2D eigenvalue weighted by Crippen LogP contribution is -2.34. The average molecular weight is 292 g/mol. The predicted molar refractivity (Wildman–Crippen MR) is 85.9 cm³/mol. The van der Waals surface area contributed by atoms with Crippen LogP contribution >= 0.6 is 11.8 Å². The number of carbonyl (C=O) groups is 1. The van der Waals surface area contributed by atoms with Gasteiger partial charge in [-0.25, -0.2) is 0 Å². The minimum Gasteiger partial charge on any atom is -0.340 e. The van der Waals surface area contributed by atoms with Crippen molar-refractivity contribution >= 4 is 17.7 Å². The van der Waals surface area contributed by atoms with Gasteiger partial charge in [0.2, 0.25) is 5.91 Å². The van der Waals surface area contributed by atoms with Crippen molar-refractivity contribution in [2.75, 3.05) is 18.8 Å². The van der Waals surface area contributed by atoms with Gasteiger partial charge in [-0.3, -0.25) is 4.79 Å². The van der Waals surface area contributed by atoms with Crippen LogP contribution in [0.3, 0.4) is 0 Å². The molecule has 1 aliphatic heterocycles. The zero-order valence-electron chi connectivity index (χ0n) is 12.5. The van der Waals surface area contributed by atoms with Crippen LogP contribution in [0.15, 0.2) is 30.3 Å². The van der Waals surface area contributed by atoms with Crippen molar-refractivity contribution in [3.8, 4) is 0 Å². The molecule has 20 heavy (non-hydrogen) atoms. The van der Waals surface area contributed by atoms with Crippen molar-refractivity contribution in [2.24, 2.45) is 5.73 Å². The Morgan fingerprint density at radius 2 is 1.95 bits per heavy atom. The lowest BCUT2D eigenvalue weighted by Gasteiger charge is -2.21. The van der Waals surface area contributed by atoms with Crippen molar-refractivity contribution in [3.05, 3.63) is 35.9 Å². The highest BCUT2D eigenvalue weighted by Gasteiger charge is 2.33. The van der Waals surface area contributed by atoms with Gasteiger partial charge in [-0.1, -0.05) is 51.1 Å². The number of nitrogens with zero attached hydrogens (tertiary/aromatic N) is 1. The minimum absolute atomic E-state index is 0.0426. The van der Waals surface area contributed by atoms with Crippen LogP contribution in [0, 0.1) is 0 Å². The van der Waals surface area contributed by atoms with Gasteiger partial charge in [0.15, 0.2) is 0 Å². The highest BCUT2D eigenvalue weighted by molar-refractivity contribution is 8.01. The number of likely N-dealkylation sites (tertiary alicyclic amines) is 1. The lowest BCUT2D eigenvalue weighted by molar-refractivity contribution is -0.127. The highest BCUT2D eigenvalue weighted by atomic mass is 32.2. The Labute approximate surface area is 125 Å². The summed E-state index contributed by atoms with van der Waals surface area (Å²) in [6.45, 7) is 7.81. The van der Waals surface area contributed by atoms with E-state index in [1.54, 1.807) is 11.8 Å². The van der Waals surface area contributed by atoms with E-state index >= 15 is 0 Å². The highest BCUT2D eigenvalue weighted by Crippen LogP contribution is 2.28. The second-order valence-corrected chi connectivity index (χ2v) is 8.18. The Morgan fingerprint density at radius 1 is 1.30 bits per heavy atom. The monoisotopic (exact) mass is 292 g/mol. The van der Waals surface area contributed by atoms with Crippen LogP contribution in [-0.2, 0) is 4.79 Å². The topological polar surface area (TPSA) is 46.3 Å². The molecule has 1 heterocycles. The van der Waals surface area contributed by atoms with Gasteiger partial charge in [0.1, 0.15) is 0 Å². The van der Waals surface area contributed by atoms with E-state index < -0.39 is 0 Å². The molecule has 0 bridgehead atoms. The molecule has 0 radical (unpaired) electrons. The van der Waals surface area contributed by atoms with Gasteiger partial charge in [-0.05, 0) is 5.56 Å². The maximum atomic E-state index is 12.3. The first-order valence-electron chi connectivity index (χ1n) is 7.09. The molecule has 2 atom stereocenters. The number of amides is 1. The van der Waals surface area contributed by atoms with Crippen LogP contribution in [0.1, 0.15) is 32.3 Å². The Hall–Kier alpha value is -1.00. The van der Waals surface area contributed by atoms with Gasteiger partial charge >= 0.3 is 0 Å². The molecule has 4 heteroatoms. The molecule has 2 N–H and O–H groups in total. The zero-order valence-corrected chi connectivity index (χ0v) is 13.3. The van der Waals surface area contributed by atoms with Crippen molar-refractivity contribution < 1.29 is 4.79 Å². The van der Waals surface area contributed by atoms with Crippen LogP contribution in [-0.4, -0.2) is 40.4 Å². The third kappa shape index (κ3) is 4.00. The van der Waals surface area contributed by atoms with Gasteiger partial charge in [0, 0.05) is 29.8 Å². The van der Waals surface area contributed by atoms with E-state index in [4.69, 9.17) is 5.73 Å². The first-order valence-corrected chi connectivity index (χ1v) is 8.07. The molecule has 2 rings (SSSR count). The molecule has 1 amide bonds. The third-order valence-electron chi connectivity index (χ3n) is 3.57. The fourth-order valence-electron chi connectivity index (χ4n) is 2.46. The fraction of sp³-hybridized carbons (Fsp3) is 0.562. The number of hydrogen-bond acceptors (Lipinski definition) is 3. The largest absolute Gasteiger partial charge is 0.340 e. The molecule has 0 aliphatic carbocycles. The van der Waals surface area contributed by atoms with E-state index in [0.717, 1.165) is 6.54 Å². The summed E-state index contributed by atoms with van der Waals surface area (Å²) in [6, 6.07) is 10.3. The third-order valence-corrected chi connectivity index (χ3v) is 4.83. The first-order chi connectivity index (χ1) is 9.37. The Kier molecular flexibility index (Phi) is 4.76. The molecule has 1 fully saturated rings. The molecule has 110 valence electrons. The van der Waals surface area contributed by atoms with Gasteiger partial charge in [0.05, 0.1) is 5.75 Å². The summed E-state index contributed by atoms with van der Waals surface area (Å²) in [6.07, 6.45) is 0. The SMILES string of the molecule is CC(C)(C)SCC(=O)N1C[C@@H](N)[C@H](c2ccccc2)C1. The van der Waals surface area contributed by atoms with Crippen molar-refractivity contribution in [3.63, 3.8) is 0 Å². The smallest absolute Gasteiger partial charge is 0.232 e. The number of carbonyl (C=O) groups excluding carboxylic acids is 1. The summed E-state index contributed by atoms with van der Waals surface area (Å²) < 4.78 is 0.121. The Morgan fingerprint density at radius 3 is 2.55 bits per heavy atom. The minimum atomic E-state index is 0.0426. The molecule has 1 aromatic carbocycles. The van der Waals surface area contributed by atoms with Gasteiger partial charge < -0.3 is 10.6 Å². The lowest BCUT2D eigenvalue weighted by atomic mass is 9.95. The van der Waals surface area contributed by atoms with Crippen LogP contribution in [0.25, 0.3) is 0 Å². The second kappa shape index (κ2) is 6.19. The van der Waals surface area contributed by atoms with Crippen LogP contribution < -0.4 is 5.73 Å². The van der Waals surface area contributed by atoms with E-state index in [9.17, 15) is 4.79 Å². The summed E-state index contributed by atoms with van der Waals surface area (Å²) in [5.41, 5.74) is 7.46. The number of hydrogen-bond donors (Lipinski definition) is 1. The predicted octanol–water partition coefficient (Wildman–Crippen LogP) is 2.47. The summed E-state index contributed by atoms with van der Waals surface area (Å²) in [4.78, 5) is 14.2. The van der Waals surface area contributed by atoms with E-state index in [2.05, 4.69) is 32.9 Å². The van der Waals surface area contributed by atoms with Gasteiger partial charge in [-0.2, -0.15) is 0 Å². The molecular formula is C16H24N2OS. The number of nitrogens with two attached hydrogens (primary N) is 1. The molecule has 3 nitrogen and oxygen atoms in total. The molecule has 0 aromatic heterocycles. The van der Waals surface area contributed by atoms with E-state index in [1.807, 2.05) is 23.1 Å². The van der Waals surface area contributed by atoms with E-state index in [-0.39, 0.29) is 22.6 Å². The summed E-state index contributed by atoms with van der Waals surface area (Å²) >= 11 is 1.69. The molecule has 0 saturated carbocycles. The Balaban J connectivity index is 1.95. The molecule has 1 saturated heterocycles. The van der Waals surface area contributed by atoms with Crippen molar-refractivity contribution in [1.29, 1.82) is 0 Å². The number of thioether (sulfide) groups is 1. The average Bonchev–Trinajstić information content (AvgIpc) is 2.78. The molecule has 0 spiro atoms. The summed E-state index contributed by atoms with van der Waals surface area (Å²) in [5, 5.41) is 0. The quantitative estimate of drug-likeness (QED) is 0.931. The van der Waals surface area contributed by atoms with Crippen molar-refractivity contribution in [1.82, 2.24) is 4.90 Å². The maximum absolute atomic E-state index is 12.3. The summed E-state index contributed by atoms with van der Waals surface area (Å²) in [5.74, 6) is 1.01.